The van der Waals surface area contributed by atoms with Crippen molar-refractivity contribution in [3.63, 3.8) is 0 Å². The van der Waals surface area contributed by atoms with Crippen molar-refractivity contribution in [3.05, 3.63) is 0 Å². The number of carbonyl (C=O) groups is 1. The van der Waals surface area contributed by atoms with Crippen molar-refractivity contribution in [3.8, 4) is 0 Å². The average molecular weight is 314 g/mol. The second kappa shape index (κ2) is 11.8. The number of carbonyl (C=O) groups excluding carboxylic acids is 1. The predicted octanol–water partition coefficient (Wildman–Crippen LogP) is 1.81. The molecule has 116 valence electrons. The summed E-state index contributed by atoms with van der Waals surface area (Å²) in [6.07, 6.45) is 3.96. The number of amides is 1. The SMILES string of the molecule is CC1CCCN(CC(C)NC(=O)CCCN)C1.Cl.Cl. The molecule has 0 spiro atoms. The Kier molecular flexibility index (Phi) is 13.2. The normalized spacial score (nSPS) is 20.9. The first-order chi connectivity index (χ1) is 8.11. The molecule has 0 saturated carbocycles. The molecule has 0 aromatic heterocycles. The highest BCUT2D eigenvalue weighted by Gasteiger charge is 2.18. The highest BCUT2D eigenvalue weighted by atomic mass is 35.5. The van der Waals surface area contributed by atoms with Crippen LogP contribution < -0.4 is 11.1 Å². The Labute approximate surface area is 129 Å². The van der Waals surface area contributed by atoms with Crippen LogP contribution >= 0.6 is 24.8 Å². The maximum absolute atomic E-state index is 11.5. The topological polar surface area (TPSA) is 58.4 Å². The van der Waals surface area contributed by atoms with Crippen LogP contribution in [0.5, 0.6) is 0 Å². The maximum atomic E-state index is 11.5. The second-order valence-corrected chi connectivity index (χ2v) is 5.37. The van der Waals surface area contributed by atoms with E-state index in [0.717, 1.165) is 18.9 Å². The number of halogens is 2. The molecule has 2 atom stereocenters. The van der Waals surface area contributed by atoms with E-state index in [9.17, 15) is 4.79 Å². The smallest absolute Gasteiger partial charge is 0.220 e. The fraction of sp³-hybridized carbons (Fsp3) is 0.923. The lowest BCUT2D eigenvalue weighted by molar-refractivity contribution is -0.121. The number of piperidine rings is 1. The molecular weight excluding hydrogens is 285 g/mol. The Morgan fingerprint density at radius 3 is 2.74 bits per heavy atom. The lowest BCUT2D eigenvalue weighted by atomic mass is 10.00. The third-order valence-corrected chi connectivity index (χ3v) is 3.29. The van der Waals surface area contributed by atoms with Gasteiger partial charge in [0.15, 0.2) is 0 Å². The molecule has 1 heterocycles. The Bertz CT molecular complexity index is 242. The van der Waals surface area contributed by atoms with Crippen molar-refractivity contribution in [2.75, 3.05) is 26.2 Å². The maximum Gasteiger partial charge on any atom is 0.220 e. The van der Waals surface area contributed by atoms with Gasteiger partial charge < -0.3 is 16.0 Å². The van der Waals surface area contributed by atoms with Crippen LogP contribution in [0.2, 0.25) is 0 Å². The van der Waals surface area contributed by atoms with Gasteiger partial charge in [0.05, 0.1) is 0 Å². The predicted molar refractivity (Wildman–Crippen MR) is 85.2 cm³/mol. The minimum absolute atomic E-state index is 0. The molecule has 3 N–H and O–H groups in total. The number of nitrogens with zero attached hydrogens (tertiary/aromatic N) is 1. The fourth-order valence-corrected chi connectivity index (χ4v) is 2.50. The summed E-state index contributed by atoms with van der Waals surface area (Å²) >= 11 is 0. The summed E-state index contributed by atoms with van der Waals surface area (Å²) in [6, 6.07) is 0.241. The van der Waals surface area contributed by atoms with Crippen LogP contribution in [-0.4, -0.2) is 43.0 Å². The van der Waals surface area contributed by atoms with E-state index >= 15 is 0 Å². The van der Waals surface area contributed by atoms with Crippen LogP contribution in [0.25, 0.3) is 0 Å². The lowest BCUT2D eigenvalue weighted by Gasteiger charge is -2.32. The van der Waals surface area contributed by atoms with E-state index < -0.39 is 0 Å². The van der Waals surface area contributed by atoms with Crippen LogP contribution in [0.4, 0.5) is 0 Å². The summed E-state index contributed by atoms with van der Waals surface area (Å²) < 4.78 is 0. The molecule has 2 unspecified atom stereocenters. The van der Waals surface area contributed by atoms with Crippen molar-refractivity contribution in [2.45, 2.75) is 45.6 Å². The molecule has 4 nitrogen and oxygen atoms in total. The zero-order valence-electron chi connectivity index (χ0n) is 12.1. The molecule has 1 amide bonds. The van der Waals surface area contributed by atoms with Crippen molar-refractivity contribution in [2.24, 2.45) is 11.7 Å². The summed E-state index contributed by atoms with van der Waals surface area (Å²) in [4.78, 5) is 14.0. The van der Waals surface area contributed by atoms with Crippen LogP contribution in [0.1, 0.15) is 39.5 Å². The quantitative estimate of drug-likeness (QED) is 0.786. The summed E-state index contributed by atoms with van der Waals surface area (Å²) in [5, 5.41) is 3.04. The van der Waals surface area contributed by atoms with Crippen molar-refractivity contribution in [1.29, 1.82) is 0 Å². The number of rotatable bonds is 6. The number of nitrogens with one attached hydrogen (secondary N) is 1. The number of hydrogen-bond donors (Lipinski definition) is 2. The molecule has 0 aromatic rings. The van der Waals surface area contributed by atoms with Gasteiger partial charge in [-0.2, -0.15) is 0 Å². The van der Waals surface area contributed by atoms with Gasteiger partial charge in [-0.15, -0.1) is 24.8 Å². The van der Waals surface area contributed by atoms with Gasteiger partial charge in [-0.3, -0.25) is 4.79 Å². The van der Waals surface area contributed by atoms with E-state index in [0.29, 0.717) is 13.0 Å². The van der Waals surface area contributed by atoms with Crippen LogP contribution in [0, 0.1) is 5.92 Å². The molecule has 0 bridgehead atoms. The molecule has 6 heteroatoms. The third-order valence-electron chi connectivity index (χ3n) is 3.29. The van der Waals surface area contributed by atoms with Gasteiger partial charge in [0.1, 0.15) is 0 Å². The molecule has 1 aliphatic rings. The second-order valence-electron chi connectivity index (χ2n) is 5.37. The van der Waals surface area contributed by atoms with Gasteiger partial charge in [-0.25, -0.2) is 0 Å². The average Bonchev–Trinajstić information content (AvgIpc) is 2.26. The molecule has 0 aliphatic carbocycles. The summed E-state index contributed by atoms with van der Waals surface area (Å²) in [5.74, 6) is 0.928. The van der Waals surface area contributed by atoms with Gasteiger partial charge in [0, 0.05) is 25.6 Å². The Hall–Kier alpha value is -0.0300. The minimum atomic E-state index is 0. The number of likely N-dealkylation sites (tertiary alicyclic amines) is 1. The highest BCUT2D eigenvalue weighted by Crippen LogP contribution is 2.15. The standard InChI is InChI=1S/C13H27N3O.2ClH/c1-11-5-4-8-16(9-11)10-12(2)15-13(17)6-3-7-14;;/h11-12H,3-10,14H2,1-2H3,(H,15,17);2*1H. The largest absolute Gasteiger partial charge is 0.352 e. The van der Waals surface area contributed by atoms with E-state index in [4.69, 9.17) is 5.73 Å². The highest BCUT2D eigenvalue weighted by molar-refractivity contribution is 5.85. The third kappa shape index (κ3) is 9.50. The molecule has 19 heavy (non-hydrogen) atoms. The molecule has 1 saturated heterocycles. The van der Waals surface area contributed by atoms with E-state index in [1.807, 2.05) is 0 Å². The Balaban J connectivity index is 0. The van der Waals surface area contributed by atoms with Gasteiger partial charge in [-0.05, 0) is 45.2 Å². The Morgan fingerprint density at radius 1 is 1.47 bits per heavy atom. The summed E-state index contributed by atoms with van der Waals surface area (Å²) in [7, 11) is 0. The zero-order chi connectivity index (χ0) is 12.7. The van der Waals surface area contributed by atoms with Gasteiger partial charge in [-0.1, -0.05) is 6.92 Å². The van der Waals surface area contributed by atoms with E-state index in [2.05, 4.69) is 24.1 Å². The molecule has 1 fully saturated rings. The van der Waals surface area contributed by atoms with Crippen molar-refractivity contribution < 1.29 is 4.79 Å². The molecule has 1 rings (SSSR count). The molecule has 1 aliphatic heterocycles. The van der Waals surface area contributed by atoms with E-state index in [1.54, 1.807) is 0 Å². The minimum Gasteiger partial charge on any atom is -0.352 e. The number of hydrogen-bond acceptors (Lipinski definition) is 3. The van der Waals surface area contributed by atoms with Gasteiger partial charge in [0.25, 0.3) is 0 Å². The molecule has 0 aromatic carbocycles. The van der Waals surface area contributed by atoms with Crippen molar-refractivity contribution >= 4 is 30.7 Å². The lowest BCUT2D eigenvalue weighted by Crippen LogP contribution is -2.45. The first kappa shape index (κ1) is 21.3. The van der Waals surface area contributed by atoms with E-state index in [1.165, 1.54) is 25.9 Å². The van der Waals surface area contributed by atoms with Crippen LogP contribution in [0.15, 0.2) is 0 Å². The van der Waals surface area contributed by atoms with Crippen LogP contribution in [-0.2, 0) is 4.79 Å². The summed E-state index contributed by atoms with van der Waals surface area (Å²) in [6.45, 7) is 8.29. The van der Waals surface area contributed by atoms with E-state index in [-0.39, 0.29) is 36.8 Å². The van der Waals surface area contributed by atoms with Gasteiger partial charge >= 0.3 is 0 Å². The molecular formula is C13H29Cl2N3O. The monoisotopic (exact) mass is 313 g/mol. The van der Waals surface area contributed by atoms with Crippen LogP contribution in [0.3, 0.4) is 0 Å². The Morgan fingerprint density at radius 2 is 2.16 bits per heavy atom. The van der Waals surface area contributed by atoms with Crippen molar-refractivity contribution in [1.82, 2.24) is 10.2 Å². The zero-order valence-corrected chi connectivity index (χ0v) is 13.7. The first-order valence-corrected chi connectivity index (χ1v) is 6.83. The number of nitrogens with two attached hydrogens (primary N) is 1. The first-order valence-electron chi connectivity index (χ1n) is 6.83. The summed E-state index contributed by atoms with van der Waals surface area (Å²) in [5.41, 5.74) is 5.38. The fourth-order valence-electron chi connectivity index (χ4n) is 2.50. The molecule has 0 radical (unpaired) electrons. The van der Waals surface area contributed by atoms with Gasteiger partial charge in [0.2, 0.25) is 5.91 Å².